The van der Waals surface area contributed by atoms with Gasteiger partial charge in [0.2, 0.25) is 0 Å². The van der Waals surface area contributed by atoms with Crippen molar-refractivity contribution in [3.05, 3.63) is 47.0 Å². The van der Waals surface area contributed by atoms with E-state index < -0.39 is 6.61 Å². The van der Waals surface area contributed by atoms with Gasteiger partial charge < -0.3 is 15.0 Å². The number of halogens is 3. The molecule has 0 radical (unpaired) electrons. The van der Waals surface area contributed by atoms with E-state index in [1.165, 1.54) is 6.07 Å². The number of aromatic amines is 1. The summed E-state index contributed by atoms with van der Waals surface area (Å²) in [6.45, 7) is -2.02. The molecular weight excluding hydrogens is 276 g/mol. The Hall–Kier alpha value is -1.66. The van der Waals surface area contributed by atoms with Gasteiger partial charge in [0.05, 0.1) is 6.33 Å². The monoisotopic (exact) mass is 287 g/mol. The number of hydrogen-bond acceptors (Lipinski definition) is 3. The van der Waals surface area contributed by atoms with E-state index in [1.807, 2.05) is 0 Å². The quantitative estimate of drug-likeness (QED) is 0.859. The molecule has 0 atom stereocenters. The third-order valence-electron chi connectivity index (χ3n) is 2.46. The molecule has 0 amide bonds. The molecule has 2 aromatic rings. The number of benzene rings is 1. The van der Waals surface area contributed by atoms with Gasteiger partial charge in [0, 0.05) is 35.6 Å². The first-order valence-corrected chi connectivity index (χ1v) is 5.95. The van der Waals surface area contributed by atoms with Crippen molar-refractivity contribution in [2.75, 3.05) is 0 Å². The van der Waals surface area contributed by atoms with Gasteiger partial charge in [-0.2, -0.15) is 8.78 Å². The molecule has 0 aliphatic carbocycles. The van der Waals surface area contributed by atoms with Crippen LogP contribution in [0.1, 0.15) is 11.3 Å². The average Bonchev–Trinajstić information content (AvgIpc) is 2.85. The minimum atomic E-state index is -2.87. The zero-order valence-electron chi connectivity index (χ0n) is 9.87. The van der Waals surface area contributed by atoms with Crippen molar-refractivity contribution in [2.45, 2.75) is 19.7 Å². The highest BCUT2D eigenvalue weighted by molar-refractivity contribution is 6.31. The Morgan fingerprint density at radius 3 is 2.89 bits per heavy atom. The summed E-state index contributed by atoms with van der Waals surface area (Å²) < 4.78 is 29.0. The highest BCUT2D eigenvalue weighted by atomic mass is 35.5. The number of H-pyrrole nitrogens is 1. The van der Waals surface area contributed by atoms with Gasteiger partial charge in [0.25, 0.3) is 0 Å². The van der Waals surface area contributed by atoms with E-state index in [-0.39, 0.29) is 5.75 Å². The molecule has 0 saturated carbocycles. The van der Waals surface area contributed by atoms with Crippen LogP contribution >= 0.6 is 11.6 Å². The maximum Gasteiger partial charge on any atom is 0.387 e. The Labute approximate surface area is 113 Å². The molecule has 7 heteroatoms. The van der Waals surface area contributed by atoms with Crippen LogP contribution < -0.4 is 10.1 Å². The first-order valence-electron chi connectivity index (χ1n) is 5.57. The number of alkyl halides is 2. The van der Waals surface area contributed by atoms with Crippen LogP contribution in [0.15, 0.2) is 30.7 Å². The molecule has 2 rings (SSSR count). The molecule has 1 aromatic heterocycles. The Bertz CT molecular complexity index is 520. The fourth-order valence-corrected chi connectivity index (χ4v) is 1.85. The fourth-order valence-electron chi connectivity index (χ4n) is 1.62. The van der Waals surface area contributed by atoms with Gasteiger partial charge in [-0.25, -0.2) is 4.98 Å². The van der Waals surface area contributed by atoms with Crippen LogP contribution in [0.5, 0.6) is 5.75 Å². The fraction of sp³-hybridized carbons (Fsp3) is 0.250. The molecule has 1 aromatic carbocycles. The summed E-state index contributed by atoms with van der Waals surface area (Å²) in [6, 6.07) is 4.66. The summed E-state index contributed by atoms with van der Waals surface area (Å²) >= 11 is 5.99. The maximum absolute atomic E-state index is 12.3. The van der Waals surface area contributed by atoms with E-state index in [1.54, 1.807) is 24.7 Å². The molecule has 2 N–H and O–H groups in total. The SMILES string of the molecule is FC(F)Oc1cccc(Cl)c1CNCc1cnc[nH]1. The van der Waals surface area contributed by atoms with Crippen LogP contribution in [-0.2, 0) is 13.1 Å². The van der Waals surface area contributed by atoms with Gasteiger partial charge in [-0.3, -0.25) is 0 Å². The molecule has 0 bridgehead atoms. The second-order valence-electron chi connectivity index (χ2n) is 3.78. The lowest BCUT2D eigenvalue weighted by Crippen LogP contribution is -2.15. The maximum atomic E-state index is 12.3. The molecule has 0 aliphatic rings. The molecule has 0 spiro atoms. The number of nitrogens with one attached hydrogen (secondary N) is 2. The average molecular weight is 288 g/mol. The van der Waals surface area contributed by atoms with Gasteiger partial charge in [0.1, 0.15) is 5.75 Å². The number of rotatable bonds is 6. The highest BCUT2D eigenvalue weighted by Crippen LogP contribution is 2.27. The molecule has 0 saturated heterocycles. The van der Waals surface area contributed by atoms with Crippen LogP contribution in [0.3, 0.4) is 0 Å². The number of imidazole rings is 1. The summed E-state index contributed by atoms with van der Waals surface area (Å²) in [5, 5.41) is 3.46. The normalized spacial score (nSPS) is 10.9. The Morgan fingerprint density at radius 1 is 1.37 bits per heavy atom. The number of nitrogens with zero attached hydrogens (tertiary/aromatic N) is 1. The first kappa shape index (κ1) is 13.8. The van der Waals surface area contributed by atoms with E-state index in [0.29, 0.717) is 23.7 Å². The van der Waals surface area contributed by atoms with Crippen LogP contribution in [0.2, 0.25) is 5.02 Å². The Morgan fingerprint density at radius 2 is 2.21 bits per heavy atom. The van der Waals surface area contributed by atoms with Crippen molar-refractivity contribution in [3.63, 3.8) is 0 Å². The van der Waals surface area contributed by atoms with Gasteiger partial charge in [-0.1, -0.05) is 17.7 Å². The number of ether oxygens (including phenoxy) is 1. The van der Waals surface area contributed by atoms with Crippen LogP contribution in [0, 0.1) is 0 Å². The molecule has 0 unspecified atom stereocenters. The van der Waals surface area contributed by atoms with Gasteiger partial charge >= 0.3 is 6.61 Å². The summed E-state index contributed by atoms with van der Waals surface area (Å²) in [5.41, 5.74) is 1.40. The zero-order chi connectivity index (χ0) is 13.7. The van der Waals surface area contributed by atoms with E-state index in [4.69, 9.17) is 11.6 Å². The van der Waals surface area contributed by atoms with Crippen molar-refractivity contribution < 1.29 is 13.5 Å². The summed E-state index contributed by atoms with van der Waals surface area (Å²) in [6.07, 6.45) is 3.24. The van der Waals surface area contributed by atoms with Crippen LogP contribution in [0.25, 0.3) is 0 Å². The van der Waals surface area contributed by atoms with E-state index >= 15 is 0 Å². The second kappa shape index (κ2) is 6.49. The predicted octanol–water partition coefficient (Wildman–Crippen LogP) is 2.95. The van der Waals surface area contributed by atoms with Crippen LogP contribution in [-0.4, -0.2) is 16.6 Å². The van der Waals surface area contributed by atoms with E-state index in [2.05, 4.69) is 20.0 Å². The van der Waals surface area contributed by atoms with Gasteiger partial charge in [0.15, 0.2) is 0 Å². The van der Waals surface area contributed by atoms with Gasteiger partial charge in [-0.05, 0) is 12.1 Å². The Balaban J connectivity index is 2.01. The standard InChI is InChI=1S/C12H12ClF2N3O/c13-10-2-1-3-11(19-12(14)15)9(10)6-16-4-8-5-17-7-18-8/h1-3,5,7,12,16H,4,6H2,(H,17,18). The van der Waals surface area contributed by atoms with Crippen molar-refractivity contribution in [3.8, 4) is 5.75 Å². The summed E-state index contributed by atoms with van der Waals surface area (Å²) in [5.74, 6) is 0.0830. The lowest BCUT2D eigenvalue weighted by atomic mass is 10.2. The molecule has 102 valence electrons. The third-order valence-corrected chi connectivity index (χ3v) is 2.82. The largest absolute Gasteiger partial charge is 0.434 e. The van der Waals surface area contributed by atoms with Gasteiger partial charge in [-0.15, -0.1) is 0 Å². The van der Waals surface area contributed by atoms with E-state index in [0.717, 1.165) is 5.69 Å². The molecule has 19 heavy (non-hydrogen) atoms. The van der Waals surface area contributed by atoms with Crippen molar-refractivity contribution in [1.29, 1.82) is 0 Å². The number of aromatic nitrogens is 2. The highest BCUT2D eigenvalue weighted by Gasteiger charge is 2.12. The van der Waals surface area contributed by atoms with Crippen LogP contribution in [0.4, 0.5) is 8.78 Å². The Kier molecular flexibility index (Phi) is 4.70. The second-order valence-corrected chi connectivity index (χ2v) is 4.18. The topological polar surface area (TPSA) is 49.9 Å². The zero-order valence-corrected chi connectivity index (χ0v) is 10.6. The number of hydrogen-bond donors (Lipinski definition) is 2. The van der Waals surface area contributed by atoms with Crippen molar-refractivity contribution >= 4 is 11.6 Å². The minimum absolute atomic E-state index is 0.0830. The summed E-state index contributed by atoms with van der Waals surface area (Å²) in [4.78, 5) is 6.80. The molecule has 0 fully saturated rings. The lowest BCUT2D eigenvalue weighted by Gasteiger charge is -2.12. The smallest absolute Gasteiger partial charge is 0.387 e. The molecule has 0 aliphatic heterocycles. The summed E-state index contributed by atoms with van der Waals surface area (Å²) in [7, 11) is 0. The molecular formula is C12H12ClF2N3O. The molecule has 4 nitrogen and oxygen atoms in total. The van der Waals surface area contributed by atoms with Crippen molar-refractivity contribution in [2.24, 2.45) is 0 Å². The molecule has 1 heterocycles. The lowest BCUT2D eigenvalue weighted by molar-refractivity contribution is -0.0504. The first-order chi connectivity index (χ1) is 9.16. The van der Waals surface area contributed by atoms with E-state index in [9.17, 15) is 8.78 Å². The minimum Gasteiger partial charge on any atom is -0.434 e. The van der Waals surface area contributed by atoms with Crippen molar-refractivity contribution in [1.82, 2.24) is 15.3 Å². The predicted molar refractivity (Wildman–Crippen MR) is 67.2 cm³/mol. The third kappa shape index (κ3) is 3.90.